The maximum Gasteiger partial charge on any atom is 0.255 e. The zero-order valence-electron chi connectivity index (χ0n) is 10.8. The fraction of sp³-hybridized carbons (Fsp3) is 0.462. The molecule has 0 aliphatic heterocycles. The number of amides is 1. The van der Waals surface area contributed by atoms with Crippen molar-refractivity contribution in [3.05, 3.63) is 29.8 Å². The van der Waals surface area contributed by atoms with E-state index in [0.717, 1.165) is 10.5 Å². The minimum atomic E-state index is -2.55. The predicted molar refractivity (Wildman–Crippen MR) is 69.0 cm³/mol. The first-order valence-electron chi connectivity index (χ1n) is 5.92. The fourth-order valence-electron chi connectivity index (χ4n) is 1.61. The molecule has 1 aromatic rings. The Morgan fingerprint density at radius 3 is 2.53 bits per heavy atom. The van der Waals surface area contributed by atoms with E-state index in [-0.39, 0.29) is 25.5 Å². The van der Waals surface area contributed by atoms with E-state index < -0.39 is 13.0 Å². The second-order valence-corrected chi connectivity index (χ2v) is 4.14. The maximum absolute atomic E-state index is 12.4. The van der Waals surface area contributed by atoms with Gasteiger partial charge in [-0.1, -0.05) is 12.1 Å². The average molecular weight is 272 g/mol. The second kappa shape index (κ2) is 7.68. The van der Waals surface area contributed by atoms with Crippen LogP contribution in [0.4, 0.5) is 14.5 Å². The number of rotatable bonds is 7. The summed E-state index contributed by atoms with van der Waals surface area (Å²) in [6.07, 6.45) is -2.47. The summed E-state index contributed by atoms with van der Waals surface area (Å²) >= 11 is 0. The molecule has 4 nitrogen and oxygen atoms in total. The van der Waals surface area contributed by atoms with Crippen LogP contribution in [0.25, 0.3) is 0 Å². The van der Waals surface area contributed by atoms with E-state index in [4.69, 9.17) is 10.5 Å². The van der Waals surface area contributed by atoms with Crippen LogP contribution in [0.1, 0.15) is 5.56 Å². The van der Waals surface area contributed by atoms with Crippen LogP contribution in [0, 0.1) is 0 Å². The molecular weight excluding hydrogens is 254 g/mol. The van der Waals surface area contributed by atoms with E-state index in [1.807, 2.05) is 0 Å². The van der Waals surface area contributed by atoms with Crippen molar-refractivity contribution in [2.45, 2.75) is 12.8 Å². The van der Waals surface area contributed by atoms with E-state index >= 15 is 0 Å². The molecule has 19 heavy (non-hydrogen) atoms. The standard InChI is InChI=1S/C13H18F2N2O2/c1-19-7-6-17(9-12(14)15)13(18)8-10-2-4-11(16)5-3-10/h2-5,12H,6-9,16H2,1H3. The summed E-state index contributed by atoms with van der Waals surface area (Å²) in [6.45, 7) is -0.175. The number of alkyl halides is 2. The first-order valence-corrected chi connectivity index (χ1v) is 5.92. The summed E-state index contributed by atoms with van der Waals surface area (Å²) in [5.74, 6) is -0.345. The fourth-order valence-corrected chi connectivity index (χ4v) is 1.61. The number of carbonyl (C=O) groups is 1. The Hall–Kier alpha value is -1.69. The Labute approximate surface area is 111 Å². The summed E-state index contributed by atoms with van der Waals surface area (Å²) in [6, 6.07) is 6.78. The number of nitrogens with zero attached hydrogens (tertiary/aromatic N) is 1. The van der Waals surface area contributed by atoms with Crippen LogP contribution in [0.3, 0.4) is 0 Å². The molecule has 0 aliphatic rings. The van der Waals surface area contributed by atoms with Gasteiger partial charge in [-0.05, 0) is 17.7 Å². The first kappa shape index (κ1) is 15.4. The van der Waals surface area contributed by atoms with Crippen molar-refractivity contribution in [3.63, 3.8) is 0 Å². The van der Waals surface area contributed by atoms with Gasteiger partial charge < -0.3 is 15.4 Å². The van der Waals surface area contributed by atoms with Gasteiger partial charge in [-0.25, -0.2) is 8.78 Å². The number of hydrogen-bond donors (Lipinski definition) is 1. The molecule has 0 saturated heterocycles. The van der Waals surface area contributed by atoms with Crippen LogP contribution in [-0.4, -0.2) is 44.0 Å². The lowest BCUT2D eigenvalue weighted by Gasteiger charge is -2.22. The summed E-state index contributed by atoms with van der Waals surface area (Å²) in [4.78, 5) is 13.1. The quantitative estimate of drug-likeness (QED) is 0.766. The first-order chi connectivity index (χ1) is 9.02. The molecule has 0 saturated carbocycles. The van der Waals surface area contributed by atoms with Crippen LogP contribution in [0.2, 0.25) is 0 Å². The van der Waals surface area contributed by atoms with Gasteiger partial charge in [0.25, 0.3) is 6.43 Å². The van der Waals surface area contributed by atoms with Crippen molar-refractivity contribution >= 4 is 11.6 Å². The molecule has 0 radical (unpaired) electrons. The summed E-state index contributed by atoms with van der Waals surface area (Å²) < 4.78 is 29.6. The van der Waals surface area contributed by atoms with Gasteiger partial charge in [0.1, 0.15) is 0 Å². The van der Waals surface area contributed by atoms with Crippen LogP contribution in [-0.2, 0) is 16.0 Å². The number of hydrogen-bond acceptors (Lipinski definition) is 3. The molecule has 0 heterocycles. The van der Waals surface area contributed by atoms with E-state index in [1.54, 1.807) is 24.3 Å². The molecule has 106 valence electrons. The summed E-state index contributed by atoms with van der Waals surface area (Å²) in [7, 11) is 1.46. The van der Waals surface area contributed by atoms with Crippen LogP contribution >= 0.6 is 0 Å². The van der Waals surface area contributed by atoms with Gasteiger partial charge in [-0.2, -0.15) is 0 Å². The zero-order valence-corrected chi connectivity index (χ0v) is 10.8. The molecule has 2 N–H and O–H groups in total. The van der Waals surface area contributed by atoms with Gasteiger partial charge in [-0.3, -0.25) is 4.79 Å². The van der Waals surface area contributed by atoms with Gasteiger partial charge in [0.2, 0.25) is 5.91 Å². The molecule has 0 atom stereocenters. The lowest BCUT2D eigenvalue weighted by Crippen LogP contribution is -2.38. The molecule has 0 fully saturated rings. The number of benzene rings is 1. The Morgan fingerprint density at radius 1 is 1.37 bits per heavy atom. The third kappa shape index (κ3) is 5.65. The highest BCUT2D eigenvalue weighted by molar-refractivity contribution is 5.78. The number of anilines is 1. The highest BCUT2D eigenvalue weighted by Gasteiger charge is 2.18. The summed E-state index contributed by atoms with van der Waals surface area (Å²) in [5, 5.41) is 0. The van der Waals surface area contributed by atoms with Gasteiger partial charge in [0.05, 0.1) is 19.6 Å². The predicted octanol–water partition coefficient (Wildman–Crippen LogP) is 1.55. The monoisotopic (exact) mass is 272 g/mol. The van der Waals surface area contributed by atoms with Gasteiger partial charge >= 0.3 is 0 Å². The molecule has 0 unspecified atom stereocenters. The topological polar surface area (TPSA) is 55.6 Å². The van der Waals surface area contributed by atoms with E-state index in [2.05, 4.69) is 0 Å². The number of nitrogens with two attached hydrogens (primary N) is 1. The smallest absolute Gasteiger partial charge is 0.255 e. The minimum Gasteiger partial charge on any atom is -0.399 e. The Bertz CT molecular complexity index is 396. The van der Waals surface area contributed by atoms with E-state index in [9.17, 15) is 13.6 Å². The van der Waals surface area contributed by atoms with Crippen molar-refractivity contribution < 1.29 is 18.3 Å². The molecule has 0 aromatic heterocycles. The van der Waals surface area contributed by atoms with E-state index in [0.29, 0.717) is 5.69 Å². The minimum absolute atomic E-state index is 0.0801. The number of nitrogen functional groups attached to an aromatic ring is 1. The number of methoxy groups -OCH3 is 1. The second-order valence-electron chi connectivity index (χ2n) is 4.14. The van der Waals surface area contributed by atoms with Crippen molar-refractivity contribution in [3.8, 4) is 0 Å². The Kier molecular flexibility index (Phi) is 6.21. The van der Waals surface area contributed by atoms with Crippen molar-refractivity contribution in [1.29, 1.82) is 0 Å². The van der Waals surface area contributed by atoms with Crippen LogP contribution in [0.5, 0.6) is 0 Å². The lowest BCUT2D eigenvalue weighted by molar-refractivity contribution is -0.133. The van der Waals surface area contributed by atoms with Gasteiger partial charge in [-0.15, -0.1) is 0 Å². The molecule has 0 spiro atoms. The molecule has 0 bridgehead atoms. The SMILES string of the molecule is COCCN(CC(F)F)C(=O)Cc1ccc(N)cc1. The Balaban J connectivity index is 2.62. The van der Waals surface area contributed by atoms with Crippen molar-refractivity contribution in [2.75, 3.05) is 32.5 Å². The summed E-state index contributed by atoms with van der Waals surface area (Å²) in [5.41, 5.74) is 6.88. The third-order valence-corrected chi connectivity index (χ3v) is 2.61. The third-order valence-electron chi connectivity index (χ3n) is 2.61. The van der Waals surface area contributed by atoms with E-state index in [1.165, 1.54) is 7.11 Å². The van der Waals surface area contributed by atoms with Crippen LogP contribution in [0.15, 0.2) is 24.3 Å². The lowest BCUT2D eigenvalue weighted by atomic mass is 10.1. The normalized spacial score (nSPS) is 10.7. The number of halogens is 2. The van der Waals surface area contributed by atoms with Gasteiger partial charge in [0, 0.05) is 19.3 Å². The maximum atomic E-state index is 12.4. The average Bonchev–Trinajstić information content (AvgIpc) is 2.36. The molecule has 1 aromatic carbocycles. The molecule has 0 aliphatic carbocycles. The van der Waals surface area contributed by atoms with Gasteiger partial charge in [0.15, 0.2) is 0 Å². The van der Waals surface area contributed by atoms with Crippen molar-refractivity contribution in [2.24, 2.45) is 0 Å². The van der Waals surface area contributed by atoms with Crippen molar-refractivity contribution in [1.82, 2.24) is 4.90 Å². The highest BCUT2D eigenvalue weighted by Crippen LogP contribution is 2.08. The van der Waals surface area contributed by atoms with Crippen LogP contribution < -0.4 is 5.73 Å². The molecule has 1 rings (SSSR count). The number of carbonyl (C=O) groups excluding carboxylic acids is 1. The molecule has 6 heteroatoms. The highest BCUT2D eigenvalue weighted by atomic mass is 19.3. The zero-order chi connectivity index (χ0) is 14.3. The largest absolute Gasteiger partial charge is 0.399 e. The Morgan fingerprint density at radius 2 is 2.00 bits per heavy atom. The number of ether oxygens (including phenoxy) is 1. The molecule has 1 amide bonds. The molecular formula is C13H18F2N2O2.